The van der Waals surface area contributed by atoms with Crippen molar-refractivity contribution in [3.8, 4) is 6.07 Å². The first-order valence-corrected chi connectivity index (χ1v) is 5.35. The molecule has 0 aliphatic rings. The molecule has 0 saturated heterocycles. The molecule has 0 spiro atoms. The Balaban J connectivity index is 1.98. The Bertz CT molecular complexity index is 641. The number of nitrogens with zero attached hydrogens (tertiary/aromatic N) is 1. The fourth-order valence-electron chi connectivity index (χ4n) is 1.40. The van der Waals surface area contributed by atoms with Crippen LogP contribution in [0.1, 0.15) is 16.1 Å². The summed E-state index contributed by atoms with van der Waals surface area (Å²) in [5.74, 6) is -0.597. The molecule has 0 saturated carbocycles. The predicted octanol–water partition coefficient (Wildman–Crippen LogP) is 2.11. The molecular formula is C13H9N3O3. The lowest BCUT2D eigenvalue weighted by molar-refractivity contribution is 0.0940. The second kappa shape index (κ2) is 5.51. The fourth-order valence-corrected chi connectivity index (χ4v) is 1.40. The van der Waals surface area contributed by atoms with E-state index in [0.717, 1.165) is 0 Å². The molecule has 6 nitrogen and oxygen atoms in total. The zero-order chi connectivity index (χ0) is 13.7. The molecule has 19 heavy (non-hydrogen) atoms. The highest BCUT2D eigenvalue weighted by Gasteiger charge is 2.12. The number of nitrogens with one attached hydrogen (secondary N) is 2. The standard InChI is InChI=1S/C13H9N3O3/c14-8-9-3-1-4-10(7-9)15-13(18)16-12(17)11-5-2-6-19-11/h1-7H,(H2,15,16,17,18). The molecule has 0 atom stereocenters. The van der Waals surface area contributed by atoms with Crippen molar-refractivity contribution in [1.29, 1.82) is 5.26 Å². The van der Waals surface area contributed by atoms with Crippen molar-refractivity contribution in [2.75, 3.05) is 5.32 Å². The highest BCUT2D eigenvalue weighted by atomic mass is 16.3. The van der Waals surface area contributed by atoms with Crippen LogP contribution in [0, 0.1) is 11.3 Å². The summed E-state index contributed by atoms with van der Waals surface area (Å²) in [5.41, 5.74) is 0.832. The number of imide groups is 1. The van der Waals surface area contributed by atoms with Crippen LogP contribution in [-0.2, 0) is 0 Å². The minimum absolute atomic E-state index is 0.0425. The molecule has 2 aromatic rings. The van der Waals surface area contributed by atoms with Gasteiger partial charge in [0.05, 0.1) is 17.9 Å². The average molecular weight is 255 g/mol. The number of benzene rings is 1. The second-order valence-corrected chi connectivity index (χ2v) is 3.58. The van der Waals surface area contributed by atoms with Gasteiger partial charge in [-0.1, -0.05) is 6.07 Å². The number of urea groups is 1. The molecule has 0 radical (unpaired) electrons. The van der Waals surface area contributed by atoms with Gasteiger partial charge in [-0.15, -0.1) is 0 Å². The van der Waals surface area contributed by atoms with Crippen LogP contribution in [0.4, 0.5) is 10.5 Å². The zero-order valence-electron chi connectivity index (χ0n) is 9.71. The maximum Gasteiger partial charge on any atom is 0.326 e. The number of carbonyl (C=O) groups excluding carboxylic acids is 2. The van der Waals surface area contributed by atoms with E-state index in [0.29, 0.717) is 11.3 Å². The van der Waals surface area contributed by atoms with Crippen LogP contribution in [0.25, 0.3) is 0 Å². The van der Waals surface area contributed by atoms with Gasteiger partial charge >= 0.3 is 6.03 Å². The summed E-state index contributed by atoms with van der Waals surface area (Å²) >= 11 is 0. The molecule has 1 heterocycles. The van der Waals surface area contributed by atoms with Crippen LogP contribution < -0.4 is 10.6 Å². The van der Waals surface area contributed by atoms with Crippen molar-refractivity contribution in [1.82, 2.24) is 5.32 Å². The topological polar surface area (TPSA) is 95.1 Å². The van der Waals surface area contributed by atoms with E-state index < -0.39 is 11.9 Å². The van der Waals surface area contributed by atoms with Gasteiger partial charge in [0.15, 0.2) is 5.76 Å². The molecule has 2 rings (SSSR count). The maximum absolute atomic E-state index is 11.6. The van der Waals surface area contributed by atoms with Gasteiger partial charge < -0.3 is 9.73 Å². The van der Waals surface area contributed by atoms with E-state index in [2.05, 4.69) is 10.6 Å². The van der Waals surface area contributed by atoms with Crippen LogP contribution in [-0.4, -0.2) is 11.9 Å². The summed E-state index contributed by atoms with van der Waals surface area (Å²) in [6, 6.07) is 10.6. The van der Waals surface area contributed by atoms with Gasteiger partial charge in [0.1, 0.15) is 0 Å². The predicted molar refractivity (Wildman–Crippen MR) is 66.3 cm³/mol. The van der Waals surface area contributed by atoms with Gasteiger partial charge in [-0.25, -0.2) is 4.79 Å². The molecule has 0 bridgehead atoms. The van der Waals surface area contributed by atoms with Crippen LogP contribution in [0.3, 0.4) is 0 Å². The van der Waals surface area contributed by atoms with Crippen molar-refractivity contribution in [3.63, 3.8) is 0 Å². The number of rotatable bonds is 2. The number of carbonyl (C=O) groups is 2. The lowest BCUT2D eigenvalue weighted by Crippen LogP contribution is -2.34. The first-order valence-electron chi connectivity index (χ1n) is 5.35. The summed E-state index contributed by atoms with van der Waals surface area (Å²) in [7, 11) is 0. The summed E-state index contributed by atoms with van der Waals surface area (Å²) in [4.78, 5) is 23.1. The molecule has 1 aromatic heterocycles. The molecule has 0 aliphatic heterocycles. The van der Waals surface area contributed by atoms with E-state index >= 15 is 0 Å². The SMILES string of the molecule is N#Cc1cccc(NC(=O)NC(=O)c2ccco2)c1. The highest BCUT2D eigenvalue weighted by molar-refractivity contribution is 6.06. The summed E-state index contributed by atoms with van der Waals surface area (Å²) in [5, 5.41) is 13.3. The molecular weight excluding hydrogens is 246 g/mol. The lowest BCUT2D eigenvalue weighted by atomic mass is 10.2. The molecule has 2 N–H and O–H groups in total. The van der Waals surface area contributed by atoms with Crippen molar-refractivity contribution in [2.45, 2.75) is 0 Å². The Morgan fingerprint density at radius 1 is 1.21 bits per heavy atom. The summed E-state index contributed by atoms with van der Waals surface area (Å²) < 4.78 is 4.85. The van der Waals surface area contributed by atoms with Crippen LogP contribution in [0.2, 0.25) is 0 Å². The van der Waals surface area contributed by atoms with Crippen molar-refractivity contribution in [2.24, 2.45) is 0 Å². The van der Waals surface area contributed by atoms with Gasteiger partial charge in [0, 0.05) is 5.69 Å². The highest BCUT2D eigenvalue weighted by Crippen LogP contribution is 2.09. The molecule has 0 fully saturated rings. The Morgan fingerprint density at radius 3 is 2.74 bits per heavy atom. The van der Waals surface area contributed by atoms with Crippen molar-refractivity contribution < 1.29 is 14.0 Å². The first kappa shape index (κ1) is 12.4. The zero-order valence-corrected chi connectivity index (χ0v) is 9.71. The molecule has 94 valence electrons. The van der Waals surface area contributed by atoms with E-state index in [1.165, 1.54) is 18.4 Å². The maximum atomic E-state index is 11.6. The summed E-state index contributed by atoms with van der Waals surface area (Å²) in [6.07, 6.45) is 1.34. The molecule has 3 amide bonds. The van der Waals surface area contributed by atoms with Crippen molar-refractivity contribution >= 4 is 17.6 Å². The van der Waals surface area contributed by atoms with E-state index in [9.17, 15) is 9.59 Å². The third kappa shape index (κ3) is 3.20. The normalized spacial score (nSPS) is 9.42. The van der Waals surface area contributed by atoms with Gasteiger partial charge in [0.2, 0.25) is 0 Å². The largest absolute Gasteiger partial charge is 0.459 e. The molecule has 1 aromatic carbocycles. The Kier molecular flexibility index (Phi) is 3.59. The minimum Gasteiger partial charge on any atom is -0.459 e. The van der Waals surface area contributed by atoms with E-state index in [1.807, 2.05) is 6.07 Å². The lowest BCUT2D eigenvalue weighted by Gasteiger charge is -2.05. The quantitative estimate of drug-likeness (QED) is 0.859. The average Bonchev–Trinajstić information content (AvgIpc) is 2.92. The van der Waals surface area contributed by atoms with Gasteiger partial charge in [-0.2, -0.15) is 5.26 Å². The van der Waals surface area contributed by atoms with Gasteiger partial charge in [-0.3, -0.25) is 10.1 Å². The van der Waals surface area contributed by atoms with E-state index in [-0.39, 0.29) is 5.76 Å². The number of nitriles is 1. The smallest absolute Gasteiger partial charge is 0.326 e. The first-order chi connectivity index (χ1) is 9.19. The Morgan fingerprint density at radius 2 is 2.05 bits per heavy atom. The molecule has 0 unspecified atom stereocenters. The summed E-state index contributed by atoms with van der Waals surface area (Å²) in [6.45, 7) is 0. The Labute approximate surface area is 108 Å². The number of hydrogen-bond acceptors (Lipinski definition) is 4. The van der Waals surface area contributed by atoms with Crippen LogP contribution in [0.15, 0.2) is 47.1 Å². The number of anilines is 1. The van der Waals surface area contributed by atoms with Crippen LogP contribution >= 0.6 is 0 Å². The minimum atomic E-state index is -0.698. The van der Waals surface area contributed by atoms with E-state index in [1.54, 1.807) is 24.3 Å². The fraction of sp³-hybridized carbons (Fsp3) is 0. The van der Waals surface area contributed by atoms with Crippen molar-refractivity contribution in [3.05, 3.63) is 54.0 Å². The molecule has 6 heteroatoms. The third-order valence-corrected chi connectivity index (χ3v) is 2.22. The monoisotopic (exact) mass is 255 g/mol. The molecule has 0 aliphatic carbocycles. The third-order valence-electron chi connectivity index (χ3n) is 2.22. The van der Waals surface area contributed by atoms with E-state index in [4.69, 9.17) is 9.68 Å². The number of hydrogen-bond donors (Lipinski definition) is 2. The van der Waals surface area contributed by atoms with Crippen LogP contribution in [0.5, 0.6) is 0 Å². The number of amides is 3. The second-order valence-electron chi connectivity index (χ2n) is 3.58. The Hall–Kier alpha value is -3.07. The van der Waals surface area contributed by atoms with Gasteiger partial charge in [0.25, 0.3) is 5.91 Å². The number of furan rings is 1. The van der Waals surface area contributed by atoms with Gasteiger partial charge in [-0.05, 0) is 30.3 Å².